The lowest BCUT2D eigenvalue weighted by atomic mass is 10.1. The Morgan fingerprint density at radius 3 is 2.37 bits per heavy atom. The molecular formula is C24H32N2O3S. The number of methoxy groups -OCH3 is 1. The molecular weight excluding hydrogens is 396 g/mol. The van der Waals surface area contributed by atoms with Gasteiger partial charge in [-0.15, -0.1) is 11.8 Å². The Morgan fingerprint density at radius 1 is 1.07 bits per heavy atom. The van der Waals surface area contributed by atoms with E-state index in [0.717, 1.165) is 22.6 Å². The second kappa shape index (κ2) is 13.0. The van der Waals surface area contributed by atoms with Gasteiger partial charge in [-0.05, 0) is 42.7 Å². The van der Waals surface area contributed by atoms with Crippen molar-refractivity contribution in [2.75, 3.05) is 19.4 Å². The van der Waals surface area contributed by atoms with E-state index in [4.69, 9.17) is 4.74 Å². The second-order valence-corrected chi connectivity index (χ2v) is 8.16. The van der Waals surface area contributed by atoms with Crippen molar-refractivity contribution < 1.29 is 14.3 Å². The number of nitrogens with one attached hydrogen (secondary N) is 1. The average molecular weight is 429 g/mol. The summed E-state index contributed by atoms with van der Waals surface area (Å²) in [5.74, 6) is 1.35. The van der Waals surface area contributed by atoms with Gasteiger partial charge in [0.15, 0.2) is 0 Å². The summed E-state index contributed by atoms with van der Waals surface area (Å²) >= 11 is 1.65. The number of ether oxygens (including phenoxy) is 1. The fourth-order valence-electron chi connectivity index (χ4n) is 3.13. The molecule has 0 saturated carbocycles. The highest BCUT2D eigenvalue weighted by Gasteiger charge is 2.28. The average Bonchev–Trinajstić information content (AvgIpc) is 2.78. The number of thioether (sulfide) groups is 1. The molecule has 0 spiro atoms. The monoisotopic (exact) mass is 428 g/mol. The van der Waals surface area contributed by atoms with Gasteiger partial charge in [0, 0.05) is 30.2 Å². The summed E-state index contributed by atoms with van der Waals surface area (Å²) in [7, 11) is 1.63. The van der Waals surface area contributed by atoms with Gasteiger partial charge in [-0.1, -0.05) is 44.2 Å². The third-order valence-electron chi connectivity index (χ3n) is 4.77. The lowest BCUT2D eigenvalue weighted by Crippen LogP contribution is -2.49. The Hall–Kier alpha value is -2.47. The van der Waals surface area contributed by atoms with Crippen LogP contribution < -0.4 is 10.1 Å². The molecule has 0 bridgehead atoms. The van der Waals surface area contributed by atoms with Crippen molar-refractivity contribution in [1.29, 1.82) is 0 Å². The molecule has 2 rings (SSSR count). The van der Waals surface area contributed by atoms with Gasteiger partial charge in [-0.3, -0.25) is 9.59 Å². The molecule has 5 nitrogen and oxygen atoms in total. The Kier molecular flexibility index (Phi) is 10.3. The minimum Gasteiger partial charge on any atom is -0.497 e. The van der Waals surface area contributed by atoms with Crippen LogP contribution in [0.5, 0.6) is 5.75 Å². The SMILES string of the molecule is CCCNC(=O)C(CC)N(Cc1ccc(OC)cc1)C(=O)CCSc1ccccc1. The van der Waals surface area contributed by atoms with E-state index in [1.807, 2.05) is 68.4 Å². The molecule has 2 aromatic carbocycles. The zero-order valence-corrected chi connectivity index (χ0v) is 18.9. The van der Waals surface area contributed by atoms with Crippen LogP contribution in [-0.2, 0) is 16.1 Å². The Morgan fingerprint density at radius 2 is 1.77 bits per heavy atom. The van der Waals surface area contributed by atoms with Crippen molar-refractivity contribution in [3.8, 4) is 5.75 Å². The van der Waals surface area contributed by atoms with Gasteiger partial charge in [-0.25, -0.2) is 0 Å². The predicted molar refractivity (Wildman–Crippen MR) is 123 cm³/mol. The molecule has 0 aromatic heterocycles. The van der Waals surface area contributed by atoms with E-state index < -0.39 is 6.04 Å². The van der Waals surface area contributed by atoms with Crippen LogP contribution in [0, 0.1) is 0 Å². The van der Waals surface area contributed by atoms with Gasteiger partial charge < -0.3 is 15.0 Å². The van der Waals surface area contributed by atoms with Gasteiger partial charge in [0.25, 0.3) is 0 Å². The van der Waals surface area contributed by atoms with Crippen LogP contribution in [0.25, 0.3) is 0 Å². The number of benzene rings is 2. The predicted octanol–water partition coefficient (Wildman–Crippen LogP) is 4.51. The standard InChI is InChI=1S/C24H32N2O3S/c1-4-16-25-24(28)22(5-2)26(18-19-11-13-20(29-3)14-12-19)23(27)15-17-30-21-9-7-6-8-10-21/h6-14,22H,4-5,15-18H2,1-3H3,(H,25,28). The summed E-state index contributed by atoms with van der Waals surface area (Å²) in [6.45, 7) is 4.98. The summed E-state index contributed by atoms with van der Waals surface area (Å²) in [4.78, 5) is 28.7. The number of hydrogen-bond donors (Lipinski definition) is 1. The lowest BCUT2D eigenvalue weighted by Gasteiger charge is -2.30. The molecule has 0 saturated heterocycles. The zero-order valence-electron chi connectivity index (χ0n) is 18.1. The second-order valence-electron chi connectivity index (χ2n) is 7.00. The normalized spacial score (nSPS) is 11.6. The Labute approximate surface area is 184 Å². The van der Waals surface area contributed by atoms with E-state index in [9.17, 15) is 9.59 Å². The maximum absolute atomic E-state index is 13.1. The van der Waals surface area contributed by atoms with Crippen LogP contribution in [-0.4, -0.2) is 42.2 Å². The molecule has 0 aliphatic rings. The maximum atomic E-state index is 13.1. The quantitative estimate of drug-likeness (QED) is 0.505. The first-order chi connectivity index (χ1) is 14.6. The molecule has 0 aliphatic carbocycles. The van der Waals surface area contributed by atoms with Crippen LogP contribution in [0.15, 0.2) is 59.5 Å². The summed E-state index contributed by atoms with van der Waals surface area (Å²) in [5, 5.41) is 2.95. The van der Waals surface area contributed by atoms with E-state index in [1.54, 1.807) is 23.8 Å². The van der Waals surface area contributed by atoms with E-state index in [0.29, 0.717) is 31.7 Å². The van der Waals surface area contributed by atoms with Crippen LogP contribution in [0.1, 0.15) is 38.7 Å². The summed E-state index contributed by atoms with van der Waals surface area (Å²) in [5.41, 5.74) is 0.974. The van der Waals surface area contributed by atoms with Crippen molar-refractivity contribution in [2.45, 2.75) is 50.6 Å². The zero-order chi connectivity index (χ0) is 21.8. The van der Waals surface area contributed by atoms with Crippen LogP contribution in [0.4, 0.5) is 0 Å². The minimum absolute atomic E-state index is 0.00672. The summed E-state index contributed by atoms with van der Waals surface area (Å²) in [6, 6.07) is 17.2. The third-order valence-corrected chi connectivity index (χ3v) is 5.79. The van der Waals surface area contributed by atoms with Crippen molar-refractivity contribution in [3.63, 3.8) is 0 Å². The molecule has 1 N–H and O–H groups in total. The van der Waals surface area contributed by atoms with E-state index in [-0.39, 0.29) is 11.8 Å². The first-order valence-electron chi connectivity index (χ1n) is 10.5. The molecule has 0 radical (unpaired) electrons. The maximum Gasteiger partial charge on any atom is 0.242 e. The van der Waals surface area contributed by atoms with Crippen molar-refractivity contribution in [1.82, 2.24) is 10.2 Å². The molecule has 162 valence electrons. The summed E-state index contributed by atoms with van der Waals surface area (Å²) in [6.07, 6.45) is 1.82. The molecule has 0 fully saturated rings. The van der Waals surface area contributed by atoms with Crippen LogP contribution in [0.2, 0.25) is 0 Å². The van der Waals surface area contributed by atoms with E-state index >= 15 is 0 Å². The molecule has 30 heavy (non-hydrogen) atoms. The van der Waals surface area contributed by atoms with Crippen molar-refractivity contribution in [3.05, 3.63) is 60.2 Å². The van der Waals surface area contributed by atoms with Crippen LogP contribution >= 0.6 is 11.8 Å². The molecule has 0 aliphatic heterocycles. The lowest BCUT2D eigenvalue weighted by molar-refractivity contribution is -0.141. The van der Waals surface area contributed by atoms with Gasteiger partial charge in [0.1, 0.15) is 11.8 Å². The first kappa shape index (κ1) is 23.8. The smallest absolute Gasteiger partial charge is 0.242 e. The van der Waals surface area contributed by atoms with Gasteiger partial charge in [0.2, 0.25) is 11.8 Å². The highest BCUT2D eigenvalue weighted by atomic mass is 32.2. The van der Waals surface area contributed by atoms with Crippen molar-refractivity contribution >= 4 is 23.6 Å². The number of nitrogens with zero attached hydrogens (tertiary/aromatic N) is 1. The number of carbonyl (C=O) groups is 2. The largest absolute Gasteiger partial charge is 0.497 e. The van der Waals surface area contributed by atoms with Crippen molar-refractivity contribution in [2.24, 2.45) is 0 Å². The topological polar surface area (TPSA) is 58.6 Å². The minimum atomic E-state index is -0.479. The van der Waals surface area contributed by atoms with Gasteiger partial charge in [0.05, 0.1) is 7.11 Å². The fourth-order valence-corrected chi connectivity index (χ4v) is 3.99. The summed E-state index contributed by atoms with van der Waals surface area (Å²) < 4.78 is 5.22. The highest BCUT2D eigenvalue weighted by Crippen LogP contribution is 2.21. The van der Waals surface area contributed by atoms with E-state index in [1.165, 1.54) is 0 Å². The molecule has 2 aromatic rings. The van der Waals surface area contributed by atoms with Crippen LogP contribution in [0.3, 0.4) is 0 Å². The highest BCUT2D eigenvalue weighted by molar-refractivity contribution is 7.99. The number of amides is 2. The number of rotatable bonds is 12. The third kappa shape index (κ3) is 7.41. The molecule has 6 heteroatoms. The van der Waals surface area contributed by atoms with E-state index in [2.05, 4.69) is 5.32 Å². The Balaban J connectivity index is 2.10. The van der Waals surface area contributed by atoms with Gasteiger partial charge in [-0.2, -0.15) is 0 Å². The molecule has 2 amide bonds. The number of hydrogen-bond acceptors (Lipinski definition) is 4. The number of carbonyl (C=O) groups excluding carboxylic acids is 2. The molecule has 1 atom stereocenters. The first-order valence-corrected chi connectivity index (χ1v) is 11.5. The molecule has 1 unspecified atom stereocenters. The van der Waals surface area contributed by atoms with Gasteiger partial charge >= 0.3 is 0 Å². The molecule has 0 heterocycles. The Bertz CT molecular complexity index is 781. The fraction of sp³-hybridized carbons (Fsp3) is 0.417.